The van der Waals surface area contributed by atoms with Gasteiger partial charge in [0.05, 0.1) is 17.5 Å². The van der Waals surface area contributed by atoms with Crippen molar-refractivity contribution in [1.29, 1.82) is 0 Å². The monoisotopic (exact) mass is 644 g/mol. The first-order valence-electron chi connectivity index (χ1n) is 14.1. The highest BCUT2D eigenvalue weighted by atomic mass is 32.2. The molecule has 0 aliphatic heterocycles. The van der Waals surface area contributed by atoms with Gasteiger partial charge < -0.3 is 29.7 Å². The van der Waals surface area contributed by atoms with Crippen LogP contribution in [0.4, 0.5) is 18.0 Å². The van der Waals surface area contributed by atoms with Crippen LogP contribution in [0.5, 0.6) is 11.5 Å². The molecule has 0 aliphatic carbocycles. The normalized spacial score (nSPS) is 14.8. The van der Waals surface area contributed by atoms with Crippen LogP contribution in [0.2, 0.25) is 0 Å². The molecule has 1 aromatic carbocycles. The Morgan fingerprint density at radius 1 is 0.864 bits per heavy atom. The van der Waals surface area contributed by atoms with Crippen molar-refractivity contribution in [2.24, 2.45) is 0 Å². The summed E-state index contributed by atoms with van der Waals surface area (Å²) in [6.07, 6.45) is -5.40. The van der Waals surface area contributed by atoms with Crippen LogP contribution in [0, 0.1) is 0 Å². The lowest BCUT2D eigenvalue weighted by atomic mass is 9.95. The number of pyridine rings is 1. The fraction of sp³-hybridized carbons (Fsp3) is 0.581. The Morgan fingerprint density at radius 3 is 1.91 bits per heavy atom. The number of amides is 1. The number of carbonyl (C=O) groups excluding carboxylic acids is 2. The van der Waals surface area contributed by atoms with Crippen LogP contribution in [0.15, 0.2) is 42.6 Å². The number of rotatable bonds is 12. The molecule has 0 radical (unpaired) electrons. The Balaban J connectivity index is 2.04. The average Bonchev–Trinajstić information content (AvgIpc) is 2.85. The molecule has 44 heavy (non-hydrogen) atoms. The Labute approximate surface area is 260 Å². The van der Waals surface area contributed by atoms with Gasteiger partial charge in [0.1, 0.15) is 28.7 Å². The van der Waals surface area contributed by atoms with Gasteiger partial charge in [-0.2, -0.15) is 24.9 Å². The summed E-state index contributed by atoms with van der Waals surface area (Å²) in [5.74, 6) is -0.0949. The number of halogens is 3. The second-order valence-corrected chi connectivity index (χ2v) is 14.0. The number of thioether (sulfide) groups is 1. The van der Waals surface area contributed by atoms with E-state index < -0.39 is 58.8 Å². The zero-order valence-corrected chi connectivity index (χ0v) is 27.2. The molecule has 3 N–H and O–H groups in total. The highest BCUT2D eigenvalue weighted by molar-refractivity contribution is 7.99. The summed E-state index contributed by atoms with van der Waals surface area (Å²) < 4.78 is 58.5. The summed E-state index contributed by atoms with van der Waals surface area (Å²) in [5.41, 5.74) is -5.83. The third kappa shape index (κ3) is 11.8. The quantitative estimate of drug-likeness (QED) is 0.173. The second kappa shape index (κ2) is 14.4. The molecular formula is C31H43F3N2O7S. The first kappa shape index (κ1) is 37.2. The molecule has 2 atom stereocenters. The van der Waals surface area contributed by atoms with Crippen LogP contribution in [-0.4, -0.2) is 62.2 Å². The van der Waals surface area contributed by atoms with Crippen LogP contribution >= 0.6 is 11.8 Å². The molecule has 1 unspecified atom stereocenters. The van der Waals surface area contributed by atoms with Crippen molar-refractivity contribution >= 4 is 23.8 Å². The van der Waals surface area contributed by atoms with Crippen LogP contribution in [0.25, 0.3) is 0 Å². The Kier molecular flexibility index (Phi) is 12.1. The molecule has 2 aromatic rings. The third-order valence-corrected chi connectivity index (χ3v) is 6.98. The Hall–Kier alpha value is -3.03. The average molecular weight is 645 g/mol. The minimum absolute atomic E-state index is 0.0599. The van der Waals surface area contributed by atoms with Crippen LogP contribution in [0.3, 0.4) is 0 Å². The standard InChI is InChI=1S/C31H43F3N2O7S/c1-27(2,3)42-25(37)23(36-26(38)43-28(4,5)6)15-17-44-18-16-30(40,31(32,33)34)24-14-13-22(19-35-24)41-21-11-9-20(10-12-21)29(7,8)39/h9-14,19,23,39-40H,15-18H2,1-8H3,(H,36,38)/t23-,30?/m0/s1. The molecule has 0 spiro atoms. The first-order chi connectivity index (χ1) is 20.0. The van der Waals surface area contributed by atoms with Crippen molar-refractivity contribution < 1.29 is 47.2 Å². The summed E-state index contributed by atoms with van der Waals surface area (Å²) in [4.78, 5) is 28.8. The number of benzene rings is 1. The fourth-order valence-corrected chi connectivity index (χ4v) is 4.81. The maximum atomic E-state index is 14.1. The Morgan fingerprint density at radius 2 is 1.43 bits per heavy atom. The molecule has 246 valence electrons. The van der Waals surface area contributed by atoms with E-state index in [1.54, 1.807) is 79.7 Å². The number of nitrogens with zero attached hydrogens (tertiary/aromatic N) is 1. The number of nitrogens with one attached hydrogen (secondary N) is 1. The van der Waals surface area contributed by atoms with E-state index in [4.69, 9.17) is 14.2 Å². The van der Waals surface area contributed by atoms with Gasteiger partial charge in [-0.05, 0) is 110 Å². The molecule has 1 aromatic heterocycles. The first-order valence-corrected chi connectivity index (χ1v) is 15.2. The van der Waals surface area contributed by atoms with Gasteiger partial charge in [0.25, 0.3) is 0 Å². The minimum Gasteiger partial charge on any atom is -0.458 e. The molecule has 1 amide bonds. The largest absolute Gasteiger partial charge is 0.458 e. The van der Waals surface area contributed by atoms with Gasteiger partial charge in [0.2, 0.25) is 5.60 Å². The van der Waals surface area contributed by atoms with Gasteiger partial charge in [-0.1, -0.05) is 12.1 Å². The van der Waals surface area contributed by atoms with Crippen LogP contribution in [-0.2, 0) is 25.5 Å². The summed E-state index contributed by atoms with van der Waals surface area (Å²) >= 11 is 1.07. The van der Waals surface area contributed by atoms with Crippen LogP contribution < -0.4 is 10.1 Å². The lowest BCUT2D eigenvalue weighted by Gasteiger charge is -2.30. The topological polar surface area (TPSA) is 127 Å². The predicted molar refractivity (Wildman–Crippen MR) is 162 cm³/mol. The molecule has 0 fully saturated rings. The summed E-state index contributed by atoms with van der Waals surface area (Å²) in [6.45, 7) is 13.3. The Bertz CT molecular complexity index is 1240. The van der Waals surface area contributed by atoms with Gasteiger partial charge in [0.15, 0.2) is 0 Å². The molecule has 1 heterocycles. The number of carbonyl (C=O) groups is 2. The second-order valence-electron chi connectivity index (χ2n) is 12.8. The van der Waals surface area contributed by atoms with Crippen molar-refractivity contribution in [2.75, 3.05) is 11.5 Å². The molecule has 9 nitrogen and oxygen atoms in total. The lowest BCUT2D eigenvalue weighted by Crippen LogP contribution is -2.46. The van der Waals surface area contributed by atoms with E-state index in [0.29, 0.717) is 11.3 Å². The third-order valence-electron chi connectivity index (χ3n) is 5.97. The van der Waals surface area contributed by atoms with E-state index in [0.717, 1.165) is 24.0 Å². The molecule has 13 heteroatoms. The fourth-order valence-electron chi connectivity index (χ4n) is 3.76. The SMILES string of the molecule is CC(C)(C)OC(=O)N[C@@H](CCSCCC(O)(c1ccc(Oc2ccc(C(C)(C)O)cc2)cn1)C(F)(F)F)C(=O)OC(C)(C)C. The summed E-state index contributed by atoms with van der Waals surface area (Å²) in [6, 6.07) is 7.81. The van der Waals surface area contributed by atoms with Crippen molar-refractivity contribution in [3.63, 3.8) is 0 Å². The number of aromatic nitrogens is 1. The van der Waals surface area contributed by atoms with Crippen molar-refractivity contribution in [3.05, 3.63) is 53.9 Å². The predicted octanol–water partition coefficient (Wildman–Crippen LogP) is 6.60. The molecule has 0 bridgehead atoms. The molecule has 0 aliphatic rings. The number of hydrogen-bond acceptors (Lipinski definition) is 9. The molecule has 0 saturated carbocycles. The van der Waals surface area contributed by atoms with E-state index in [1.807, 2.05) is 0 Å². The van der Waals surface area contributed by atoms with Crippen LogP contribution in [0.1, 0.15) is 79.5 Å². The van der Waals surface area contributed by atoms with Gasteiger partial charge in [0, 0.05) is 0 Å². The zero-order chi connectivity index (χ0) is 33.6. The van der Waals surface area contributed by atoms with Gasteiger partial charge in [-0.15, -0.1) is 0 Å². The number of aliphatic hydroxyl groups is 2. The number of esters is 1. The summed E-state index contributed by atoms with van der Waals surface area (Å²) in [5, 5.41) is 23.3. The van der Waals surface area contributed by atoms with Gasteiger partial charge >= 0.3 is 18.2 Å². The maximum Gasteiger partial charge on any atom is 0.423 e. The van der Waals surface area contributed by atoms with E-state index in [2.05, 4.69) is 10.3 Å². The summed E-state index contributed by atoms with van der Waals surface area (Å²) in [7, 11) is 0. The van der Waals surface area contributed by atoms with Crippen molar-refractivity contribution in [2.45, 2.75) is 103 Å². The highest BCUT2D eigenvalue weighted by Crippen LogP contribution is 2.42. The van der Waals surface area contributed by atoms with Gasteiger partial charge in [-0.3, -0.25) is 4.98 Å². The maximum absolute atomic E-state index is 14.1. The van der Waals surface area contributed by atoms with Crippen molar-refractivity contribution in [3.8, 4) is 11.5 Å². The van der Waals surface area contributed by atoms with E-state index in [1.165, 1.54) is 6.07 Å². The number of alkyl carbamates (subject to hydrolysis) is 1. The number of alkyl halides is 3. The van der Waals surface area contributed by atoms with E-state index in [9.17, 15) is 33.0 Å². The number of ether oxygens (including phenoxy) is 3. The molecule has 0 saturated heterocycles. The lowest BCUT2D eigenvalue weighted by molar-refractivity contribution is -0.268. The molecule has 2 rings (SSSR count). The minimum atomic E-state index is -5.02. The van der Waals surface area contributed by atoms with E-state index in [-0.39, 0.29) is 23.7 Å². The highest BCUT2D eigenvalue weighted by Gasteiger charge is 2.55. The van der Waals surface area contributed by atoms with E-state index >= 15 is 0 Å². The van der Waals surface area contributed by atoms with Gasteiger partial charge in [-0.25, -0.2) is 9.59 Å². The van der Waals surface area contributed by atoms with Crippen molar-refractivity contribution in [1.82, 2.24) is 10.3 Å². The number of hydrogen-bond donors (Lipinski definition) is 3. The molecular weight excluding hydrogens is 601 g/mol. The zero-order valence-electron chi connectivity index (χ0n) is 26.4. The smallest absolute Gasteiger partial charge is 0.423 e.